The highest BCUT2D eigenvalue weighted by atomic mass is 79.9. The third-order valence-electron chi connectivity index (χ3n) is 3.27. The minimum Gasteiger partial charge on any atom is -0.306 e. The van der Waals surface area contributed by atoms with Crippen molar-refractivity contribution in [1.29, 1.82) is 0 Å². The lowest BCUT2D eigenvalue weighted by Crippen LogP contribution is -2.18. The standard InChI is InChI=1S/C16H15BrF3N.ClH/c1-11(14-4-2-3-5-15(14)17)21-10-12-6-8-13(9-7-12)16(18,19)20;/h2-9,11,21H,10H2,1H3;1H/t11-;/m0./s1. The predicted octanol–water partition coefficient (Wildman–Crippen LogP) is 5.74. The zero-order chi connectivity index (χ0) is 15.5. The molecule has 2 aromatic rings. The van der Waals surface area contributed by atoms with Crippen molar-refractivity contribution in [2.45, 2.75) is 25.7 Å². The fraction of sp³-hybridized carbons (Fsp3) is 0.250. The fourth-order valence-electron chi connectivity index (χ4n) is 2.02. The molecule has 22 heavy (non-hydrogen) atoms. The molecule has 2 rings (SSSR count). The van der Waals surface area contributed by atoms with E-state index in [0.717, 1.165) is 27.7 Å². The van der Waals surface area contributed by atoms with Gasteiger partial charge in [0.15, 0.2) is 0 Å². The molecule has 0 saturated heterocycles. The molecule has 0 radical (unpaired) electrons. The molecule has 0 aliphatic carbocycles. The van der Waals surface area contributed by atoms with Crippen molar-refractivity contribution in [1.82, 2.24) is 5.32 Å². The minimum atomic E-state index is -4.28. The van der Waals surface area contributed by atoms with Crippen molar-refractivity contribution in [2.75, 3.05) is 0 Å². The van der Waals surface area contributed by atoms with Gasteiger partial charge in [0.2, 0.25) is 0 Å². The van der Waals surface area contributed by atoms with Crippen molar-refractivity contribution in [2.24, 2.45) is 0 Å². The molecule has 0 aliphatic heterocycles. The number of hydrogen-bond donors (Lipinski definition) is 1. The van der Waals surface area contributed by atoms with Crippen LogP contribution >= 0.6 is 28.3 Å². The van der Waals surface area contributed by atoms with E-state index in [4.69, 9.17) is 0 Å². The molecule has 1 nitrogen and oxygen atoms in total. The third kappa shape index (κ3) is 5.00. The van der Waals surface area contributed by atoms with E-state index in [-0.39, 0.29) is 18.4 Å². The van der Waals surface area contributed by atoms with E-state index in [1.165, 1.54) is 12.1 Å². The molecular formula is C16H16BrClF3N. The monoisotopic (exact) mass is 393 g/mol. The predicted molar refractivity (Wildman–Crippen MR) is 88.1 cm³/mol. The quantitative estimate of drug-likeness (QED) is 0.697. The van der Waals surface area contributed by atoms with Gasteiger partial charge in [-0.25, -0.2) is 0 Å². The molecule has 6 heteroatoms. The Morgan fingerprint density at radius 2 is 1.64 bits per heavy atom. The van der Waals surface area contributed by atoms with E-state index in [1.54, 1.807) is 0 Å². The summed E-state index contributed by atoms with van der Waals surface area (Å²) in [5.74, 6) is 0. The molecule has 0 aliphatic rings. The fourth-order valence-corrected chi connectivity index (χ4v) is 2.65. The Kier molecular flexibility index (Phi) is 6.91. The molecule has 0 saturated carbocycles. The van der Waals surface area contributed by atoms with Crippen LogP contribution in [0.4, 0.5) is 13.2 Å². The Bertz CT molecular complexity index is 599. The van der Waals surface area contributed by atoms with Crippen LogP contribution in [0.1, 0.15) is 29.7 Å². The van der Waals surface area contributed by atoms with E-state index in [2.05, 4.69) is 21.2 Å². The highest BCUT2D eigenvalue weighted by molar-refractivity contribution is 9.10. The van der Waals surface area contributed by atoms with Crippen LogP contribution in [0.25, 0.3) is 0 Å². The van der Waals surface area contributed by atoms with Gasteiger partial charge in [-0.3, -0.25) is 0 Å². The Labute approximate surface area is 142 Å². The van der Waals surface area contributed by atoms with Crippen molar-refractivity contribution in [3.63, 3.8) is 0 Å². The summed E-state index contributed by atoms with van der Waals surface area (Å²) >= 11 is 3.49. The number of nitrogens with one attached hydrogen (secondary N) is 1. The van der Waals surface area contributed by atoms with Gasteiger partial charge in [-0.15, -0.1) is 12.4 Å². The van der Waals surface area contributed by atoms with Gasteiger partial charge in [0.1, 0.15) is 0 Å². The highest BCUT2D eigenvalue weighted by Crippen LogP contribution is 2.29. The van der Waals surface area contributed by atoms with E-state index in [1.807, 2.05) is 31.2 Å². The first-order valence-electron chi connectivity index (χ1n) is 6.52. The Hall–Kier alpha value is -1.04. The molecule has 0 spiro atoms. The van der Waals surface area contributed by atoms with Crippen molar-refractivity contribution in [3.8, 4) is 0 Å². The number of benzene rings is 2. The van der Waals surface area contributed by atoms with Crippen LogP contribution in [0.2, 0.25) is 0 Å². The molecule has 1 atom stereocenters. The second-order valence-corrected chi connectivity index (χ2v) is 5.67. The molecule has 2 aromatic carbocycles. The Morgan fingerprint density at radius 1 is 1.05 bits per heavy atom. The zero-order valence-corrected chi connectivity index (χ0v) is 14.2. The summed E-state index contributed by atoms with van der Waals surface area (Å²) in [7, 11) is 0. The van der Waals surface area contributed by atoms with E-state index in [9.17, 15) is 13.2 Å². The van der Waals surface area contributed by atoms with Crippen LogP contribution in [-0.4, -0.2) is 0 Å². The summed E-state index contributed by atoms with van der Waals surface area (Å²) in [5.41, 5.74) is 1.32. The minimum absolute atomic E-state index is 0. The largest absolute Gasteiger partial charge is 0.416 e. The Morgan fingerprint density at radius 3 is 2.18 bits per heavy atom. The van der Waals surface area contributed by atoms with Gasteiger partial charge >= 0.3 is 6.18 Å². The lowest BCUT2D eigenvalue weighted by molar-refractivity contribution is -0.137. The first-order valence-corrected chi connectivity index (χ1v) is 7.31. The van der Waals surface area contributed by atoms with Crippen LogP contribution in [0.15, 0.2) is 53.0 Å². The van der Waals surface area contributed by atoms with Crippen molar-refractivity contribution >= 4 is 28.3 Å². The number of alkyl halides is 3. The lowest BCUT2D eigenvalue weighted by Gasteiger charge is -2.16. The maximum atomic E-state index is 12.5. The summed E-state index contributed by atoms with van der Waals surface area (Å²) in [6, 6.07) is 13.2. The molecule has 1 N–H and O–H groups in total. The van der Waals surface area contributed by atoms with Gasteiger partial charge in [0.25, 0.3) is 0 Å². The second-order valence-electron chi connectivity index (χ2n) is 4.82. The van der Waals surface area contributed by atoms with Gasteiger partial charge in [-0.2, -0.15) is 13.2 Å². The molecule has 0 amide bonds. The molecule has 0 unspecified atom stereocenters. The van der Waals surface area contributed by atoms with E-state index < -0.39 is 11.7 Å². The number of halogens is 5. The van der Waals surface area contributed by atoms with E-state index >= 15 is 0 Å². The topological polar surface area (TPSA) is 12.0 Å². The van der Waals surface area contributed by atoms with Gasteiger partial charge in [-0.1, -0.05) is 46.3 Å². The van der Waals surface area contributed by atoms with Crippen molar-refractivity contribution in [3.05, 3.63) is 69.7 Å². The first-order chi connectivity index (χ1) is 9.88. The lowest BCUT2D eigenvalue weighted by atomic mass is 10.1. The van der Waals surface area contributed by atoms with E-state index in [0.29, 0.717) is 6.54 Å². The maximum Gasteiger partial charge on any atom is 0.416 e. The first kappa shape index (κ1) is 19.0. The summed E-state index contributed by atoms with van der Waals surface area (Å²) in [5, 5.41) is 3.30. The number of hydrogen-bond acceptors (Lipinski definition) is 1. The molecule has 0 heterocycles. The van der Waals surface area contributed by atoms with Gasteiger partial charge < -0.3 is 5.32 Å². The molecule has 0 aromatic heterocycles. The molecular weight excluding hydrogens is 379 g/mol. The molecule has 0 fully saturated rings. The summed E-state index contributed by atoms with van der Waals surface area (Å²) in [6.07, 6.45) is -4.28. The van der Waals surface area contributed by atoms with Gasteiger partial charge in [0, 0.05) is 17.1 Å². The van der Waals surface area contributed by atoms with Crippen LogP contribution in [0.3, 0.4) is 0 Å². The average molecular weight is 395 g/mol. The molecule has 120 valence electrons. The highest BCUT2D eigenvalue weighted by Gasteiger charge is 2.29. The van der Waals surface area contributed by atoms with Crippen LogP contribution in [0, 0.1) is 0 Å². The van der Waals surface area contributed by atoms with Crippen LogP contribution in [0.5, 0.6) is 0 Å². The smallest absolute Gasteiger partial charge is 0.306 e. The molecule has 0 bridgehead atoms. The second kappa shape index (κ2) is 7.99. The van der Waals surface area contributed by atoms with Gasteiger partial charge in [0.05, 0.1) is 5.56 Å². The maximum absolute atomic E-state index is 12.5. The van der Waals surface area contributed by atoms with Crippen LogP contribution in [-0.2, 0) is 12.7 Å². The third-order valence-corrected chi connectivity index (χ3v) is 3.99. The van der Waals surface area contributed by atoms with Gasteiger partial charge in [-0.05, 0) is 36.2 Å². The zero-order valence-electron chi connectivity index (χ0n) is 11.8. The normalized spacial score (nSPS) is 12.6. The SMILES string of the molecule is C[C@H](NCc1ccc(C(F)(F)F)cc1)c1ccccc1Br.Cl. The van der Waals surface area contributed by atoms with Crippen molar-refractivity contribution < 1.29 is 13.2 Å². The summed E-state index contributed by atoms with van der Waals surface area (Å²) in [4.78, 5) is 0. The Balaban J connectivity index is 0.00000242. The average Bonchev–Trinajstić information content (AvgIpc) is 2.45. The number of rotatable bonds is 4. The summed E-state index contributed by atoms with van der Waals surface area (Å²) in [6.45, 7) is 2.53. The van der Waals surface area contributed by atoms with Crippen LogP contribution < -0.4 is 5.32 Å². The summed E-state index contributed by atoms with van der Waals surface area (Å²) < 4.78 is 38.4.